The third-order valence-corrected chi connectivity index (χ3v) is 3.66. The average Bonchev–Trinajstić information content (AvgIpc) is 2.97. The molecule has 2 aromatic carbocycles. The van der Waals surface area contributed by atoms with E-state index in [0.717, 1.165) is 5.56 Å². The Kier molecular flexibility index (Phi) is 3.31. The van der Waals surface area contributed by atoms with E-state index < -0.39 is 4.92 Å². The Balaban J connectivity index is 1.98. The summed E-state index contributed by atoms with van der Waals surface area (Å²) in [5, 5.41) is 19.8. The van der Waals surface area contributed by atoms with Crippen LogP contribution < -0.4 is 4.90 Å². The molecule has 6 nitrogen and oxygen atoms in total. The molecular weight excluding hydrogens is 282 g/mol. The van der Waals surface area contributed by atoms with Gasteiger partial charge in [0.1, 0.15) is 0 Å². The van der Waals surface area contributed by atoms with Crippen LogP contribution in [0, 0.1) is 21.4 Å². The first-order valence-corrected chi connectivity index (χ1v) is 6.69. The molecule has 0 saturated heterocycles. The maximum absolute atomic E-state index is 12.6. The van der Waals surface area contributed by atoms with Gasteiger partial charge >= 0.3 is 0 Å². The maximum Gasteiger partial charge on any atom is 0.271 e. The topological polar surface area (TPSA) is 87.2 Å². The Morgan fingerprint density at radius 3 is 2.82 bits per heavy atom. The smallest absolute Gasteiger partial charge is 0.271 e. The largest absolute Gasteiger partial charge is 0.307 e. The highest BCUT2D eigenvalue weighted by molar-refractivity contribution is 6.07. The second-order valence-electron chi connectivity index (χ2n) is 4.97. The van der Waals surface area contributed by atoms with Crippen LogP contribution in [0.25, 0.3) is 0 Å². The molecule has 0 spiro atoms. The van der Waals surface area contributed by atoms with E-state index in [2.05, 4.69) is 0 Å². The number of hydrogen-bond acceptors (Lipinski definition) is 4. The van der Waals surface area contributed by atoms with Gasteiger partial charge in [-0.05, 0) is 30.2 Å². The lowest BCUT2D eigenvalue weighted by atomic mass is 10.1. The van der Waals surface area contributed by atoms with Gasteiger partial charge in [0.2, 0.25) is 0 Å². The van der Waals surface area contributed by atoms with Crippen LogP contribution in [0.15, 0.2) is 42.5 Å². The molecule has 0 unspecified atom stereocenters. The number of anilines is 1. The maximum atomic E-state index is 12.6. The number of rotatable bonds is 2. The van der Waals surface area contributed by atoms with Crippen LogP contribution in [-0.2, 0) is 6.42 Å². The minimum atomic E-state index is -0.475. The standard InChI is InChI=1S/C16H11N3O3/c17-10-11-2-1-3-13(8-11)16(20)18-7-6-12-4-5-14(19(21)22)9-15(12)18/h1-5,8-9H,6-7H2. The Morgan fingerprint density at radius 1 is 1.27 bits per heavy atom. The van der Waals surface area contributed by atoms with Crippen LogP contribution in [0.5, 0.6) is 0 Å². The summed E-state index contributed by atoms with van der Waals surface area (Å²) in [4.78, 5) is 24.6. The summed E-state index contributed by atoms with van der Waals surface area (Å²) in [5.41, 5.74) is 2.25. The molecule has 1 aliphatic heterocycles. The molecule has 0 fully saturated rings. The fourth-order valence-electron chi connectivity index (χ4n) is 2.57. The molecule has 2 aromatic rings. The molecule has 1 amide bonds. The van der Waals surface area contributed by atoms with Crippen LogP contribution in [0.1, 0.15) is 21.5 Å². The Labute approximate surface area is 126 Å². The van der Waals surface area contributed by atoms with Gasteiger partial charge in [-0.15, -0.1) is 0 Å². The number of nitrogens with zero attached hydrogens (tertiary/aromatic N) is 3. The van der Waals surface area contributed by atoms with Crippen LogP contribution in [0.3, 0.4) is 0 Å². The Hall–Kier alpha value is -3.20. The molecule has 0 aliphatic carbocycles. The summed E-state index contributed by atoms with van der Waals surface area (Å²) < 4.78 is 0. The number of fused-ring (bicyclic) bond motifs is 1. The predicted molar refractivity (Wildman–Crippen MR) is 79.6 cm³/mol. The number of amides is 1. The lowest BCUT2D eigenvalue weighted by molar-refractivity contribution is -0.384. The first kappa shape index (κ1) is 13.8. The van der Waals surface area contributed by atoms with Gasteiger partial charge in [-0.25, -0.2) is 0 Å². The van der Waals surface area contributed by atoms with Gasteiger partial charge in [0.15, 0.2) is 0 Å². The van der Waals surface area contributed by atoms with Crippen molar-refractivity contribution in [2.75, 3.05) is 11.4 Å². The lowest BCUT2D eigenvalue weighted by Gasteiger charge is -2.17. The van der Waals surface area contributed by atoms with E-state index in [-0.39, 0.29) is 11.6 Å². The van der Waals surface area contributed by atoms with E-state index in [1.807, 2.05) is 6.07 Å². The zero-order chi connectivity index (χ0) is 15.7. The van der Waals surface area contributed by atoms with E-state index in [4.69, 9.17) is 5.26 Å². The van der Waals surface area contributed by atoms with Gasteiger partial charge in [-0.2, -0.15) is 5.26 Å². The van der Waals surface area contributed by atoms with Gasteiger partial charge in [0.05, 0.1) is 22.2 Å². The fraction of sp³-hybridized carbons (Fsp3) is 0.125. The number of nitro groups is 1. The SMILES string of the molecule is N#Cc1cccc(C(=O)N2CCc3ccc([N+](=O)[O-])cc32)c1. The number of nitriles is 1. The van der Waals surface area contributed by atoms with Gasteiger partial charge in [-0.3, -0.25) is 14.9 Å². The fourth-order valence-corrected chi connectivity index (χ4v) is 2.57. The molecule has 0 N–H and O–H groups in total. The molecule has 0 bridgehead atoms. The Morgan fingerprint density at radius 2 is 2.09 bits per heavy atom. The molecule has 3 rings (SSSR count). The summed E-state index contributed by atoms with van der Waals surface area (Å²) in [6, 6.07) is 13.0. The molecule has 1 heterocycles. The van der Waals surface area contributed by atoms with E-state index in [1.165, 1.54) is 23.1 Å². The van der Waals surface area contributed by atoms with Gasteiger partial charge < -0.3 is 4.90 Å². The number of carbonyl (C=O) groups is 1. The summed E-state index contributed by atoms with van der Waals surface area (Å²) in [5.74, 6) is -0.253. The highest BCUT2D eigenvalue weighted by Gasteiger charge is 2.27. The molecule has 0 radical (unpaired) electrons. The third kappa shape index (κ3) is 2.29. The predicted octanol–water partition coefficient (Wildman–Crippen LogP) is 2.67. The van der Waals surface area contributed by atoms with E-state index in [1.54, 1.807) is 24.3 Å². The van der Waals surface area contributed by atoms with Crippen LogP contribution in [-0.4, -0.2) is 17.4 Å². The van der Waals surface area contributed by atoms with Crippen LogP contribution in [0.4, 0.5) is 11.4 Å². The highest BCUT2D eigenvalue weighted by atomic mass is 16.6. The van der Waals surface area contributed by atoms with Crippen molar-refractivity contribution in [3.05, 3.63) is 69.3 Å². The van der Waals surface area contributed by atoms with E-state index in [9.17, 15) is 14.9 Å². The molecule has 6 heteroatoms. The number of benzene rings is 2. The van der Waals surface area contributed by atoms with Crippen molar-refractivity contribution in [2.45, 2.75) is 6.42 Å². The van der Waals surface area contributed by atoms with Crippen molar-refractivity contribution in [1.82, 2.24) is 0 Å². The van der Waals surface area contributed by atoms with Gasteiger partial charge in [0, 0.05) is 24.2 Å². The van der Waals surface area contributed by atoms with E-state index >= 15 is 0 Å². The number of hydrogen-bond donors (Lipinski definition) is 0. The highest BCUT2D eigenvalue weighted by Crippen LogP contribution is 2.32. The van der Waals surface area contributed by atoms with Crippen molar-refractivity contribution in [1.29, 1.82) is 5.26 Å². The molecule has 0 aromatic heterocycles. The first-order chi connectivity index (χ1) is 10.6. The molecule has 22 heavy (non-hydrogen) atoms. The summed E-state index contributed by atoms with van der Waals surface area (Å²) >= 11 is 0. The Bertz CT molecular complexity index is 824. The third-order valence-electron chi connectivity index (χ3n) is 3.66. The summed E-state index contributed by atoms with van der Waals surface area (Å²) in [6.45, 7) is 0.478. The molecule has 108 valence electrons. The number of carbonyl (C=O) groups excluding carboxylic acids is 1. The van der Waals surface area contributed by atoms with Crippen LogP contribution in [0.2, 0.25) is 0 Å². The van der Waals surface area contributed by atoms with Gasteiger partial charge in [0.25, 0.3) is 11.6 Å². The minimum Gasteiger partial charge on any atom is -0.307 e. The number of nitro benzene ring substituents is 1. The quantitative estimate of drug-likeness (QED) is 0.629. The first-order valence-electron chi connectivity index (χ1n) is 6.69. The minimum absolute atomic E-state index is 0.0378. The summed E-state index contributed by atoms with van der Waals surface area (Å²) in [6.07, 6.45) is 0.664. The van der Waals surface area contributed by atoms with Crippen molar-refractivity contribution in [3.63, 3.8) is 0 Å². The van der Waals surface area contributed by atoms with Crippen molar-refractivity contribution < 1.29 is 9.72 Å². The van der Waals surface area contributed by atoms with Gasteiger partial charge in [-0.1, -0.05) is 12.1 Å². The lowest BCUT2D eigenvalue weighted by Crippen LogP contribution is -2.28. The normalized spacial score (nSPS) is 12.6. The number of non-ortho nitro benzene ring substituents is 1. The molecule has 0 atom stereocenters. The molecule has 0 saturated carbocycles. The molecule has 1 aliphatic rings. The van der Waals surface area contributed by atoms with Crippen molar-refractivity contribution >= 4 is 17.3 Å². The second-order valence-corrected chi connectivity index (χ2v) is 4.97. The van der Waals surface area contributed by atoms with E-state index in [0.29, 0.717) is 29.8 Å². The monoisotopic (exact) mass is 293 g/mol. The zero-order valence-corrected chi connectivity index (χ0v) is 11.5. The summed E-state index contributed by atoms with van der Waals surface area (Å²) in [7, 11) is 0. The molecular formula is C16H11N3O3. The van der Waals surface area contributed by atoms with Crippen molar-refractivity contribution in [3.8, 4) is 6.07 Å². The van der Waals surface area contributed by atoms with Crippen LogP contribution >= 0.6 is 0 Å². The zero-order valence-electron chi connectivity index (χ0n) is 11.5. The second kappa shape index (κ2) is 5.30. The average molecular weight is 293 g/mol. The van der Waals surface area contributed by atoms with Crippen molar-refractivity contribution in [2.24, 2.45) is 0 Å².